The number of carbonyl (C=O) groups is 1. The molecule has 2 heterocycles. The first-order valence-corrected chi connectivity index (χ1v) is 7.09. The summed E-state index contributed by atoms with van der Waals surface area (Å²) in [5, 5.41) is 12.4. The Morgan fingerprint density at radius 1 is 1.43 bits per heavy atom. The van der Waals surface area contributed by atoms with Crippen LogP contribution in [0.4, 0.5) is 0 Å². The second-order valence-electron chi connectivity index (χ2n) is 5.34. The van der Waals surface area contributed by atoms with Gasteiger partial charge in [0, 0.05) is 13.2 Å². The summed E-state index contributed by atoms with van der Waals surface area (Å²) in [7, 11) is 1.86. The number of hydrogen-bond donors (Lipinski definition) is 0. The highest BCUT2D eigenvalue weighted by atomic mass is 16.5. The lowest BCUT2D eigenvalue weighted by Crippen LogP contribution is -2.14. The highest BCUT2D eigenvalue weighted by molar-refractivity contribution is 5.88. The molecule has 0 atom stereocenters. The van der Waals surface area contributed by atoms with Gasteiger partial charge in [0.1, 0.15) is 0 Å². The molecular formula is C14H21N5O2. The van der Waals surface area contributed by atoms with E-state index in [9.17, 15) is 4.79 Å². The molecule has 0 fully saturated rings. The van der Waals surface area contributed by atoms with Crippen molar-refractivity contribution < 1.29 is 9.53 Å². The SMILES string of the molecule is CCOC(=O)c1nnn(Cc2ccn(C)n2)c1CC(C)C. The molecule has 21 heavy (non-hydrogen) atoms. The van der Waals surface area contributed by atoms with Crippen LogP contribution < -0.4 is 0 Å². The molecule has 7 heteroatoms. The fraction of sp³-hybridized carbons (Fsp3) is 0.571. The van der Waals surface area contributed by atoms with Crippen LogP contribution in [0, 0.1) is 5.92 Å². The number of hydrogen-bond acceptors (Lipinski definition) is 5. The van der Waals surface area contributed by atoms with Gasteiger partial charge in [0.2, 0.25) is 0 Å². The fourth-order valence-corrected chi connectivity index (χ4v) is 2.11. The minimum atomic E-state index is -0.416. The lowest BCUT2D eigenvalue weighted by atomic mass is 10.1. The summed E-state index contributed by atoms with van der Waals surface area (Å²) in [4.78, 5) is 12.0. The number of aromatic nitrogens is 5. The average molecular weight is 291 g/mol. The Labute approximate surface area is 123 Å². The normalized spacial score (nSPS) is 11.1. The maximum absolute atomic E-state index is 12.0. The van der Waals surface area contributed by atoms with Crippen LogP contribution in [0.15, 0.2) is 12.3 Å². The van der Waals surface area contributed by atoms with Gasteiger partial charge in [0.05, 0.1) is 24.5 Å². The van der Waals surface area contributed by atoms with Gasteiger partial charge in [-0.25, -0.2) is 9.48 Å². The van der Waals surface area contributed by atoms with E-state index in [0.717, 1.165) is 11.4 Å². The van der Waals surface area contributed by atoms with Crippen LogP contribution in [-0.2, 0) is 24.8 Å². The van der Waals surface area contributed by atoms with Crippen LogP contribution in [0.5, 0.6) is 0 Å². The third-order valence-corrected chi connectivity index (χ3v) is 2.99. The van der Waals surface area contributed by atoms with Crippen LogP contribution >= 0.6 is 0 Å². The molecule has 0 unspecified atom stereocenters. The fourth-order valence-electron chi connectivity index (χ4n) is 2.11. The number of aryl methyl sites for hydroxylation is 1. The Balaban J connectivity index is 2.29. The molecule has 0 spiro atoms. The van der Waals surface area contributed by atoms with Gasteiger partial charge < -0.3 is 4.74 Å². The summed E-state index contributed by atoms with van der Waals surface area (Å²) in [6.45, 7) is 6.78. The van der Waals surface area contributed by atoms with Gasteiger partial charge >= 0.3 is 5.97 Å². The van der Waals surface area contributed by atoms with Gasteiger partial charge in [-0.15, -0.1) is 5.10 Å². The monoisotopic (exact) mass is 291 g/mol. The maximum atomic E-state index is 12.0. The van der Waals surface area contributed by atoms with Gasteiger partial charge in [-0.1, -0.05) is 19.1 Å². The molecule has 0 aliphatic heterocycles. The van der Waals surface area contributed by atoms with Crippen LogP contribution in [-0.4, -0.2) is 37.4 Å². The average Bonchev–Trinajstić information content (AvgIpc) is 2.97. The molecular weight excluding hydrogens is 270 g/mol. The number of rotatable bonds is 6. The molecule has 0 aliphatic rings. The minimum absolute atomic E-state index is 0.307. The third kappa shape index (κ3) is 3.68. The quantitative estimate of drug-likeness (QED) is 0.753. The Morgan fingerprint density at radius 3 is 2.76 bits per heavy atom. The lowest BCUT2D eigenvalue weighted by molar-refractivity contribution is 0.0517. The Bertz CT molecular complexity index is 615. The minimum Gasteiger partial charge on any atom is -0.461 e. The number of nitrogens with zero attached hydrogens (tertiary/aromatic N) is 5. The predicted octanol–water partition coefficient (Wildman–Crippen LogP) is 1.44. The van der Waals surface area contributed by atoms with Crippen molar-refractivity contribution in [3.05, 3.63) is 29.3 Å². The van der Waals surface area contributed by atoms with Gasteiger partial charge in [0.15, 0.2) is 5.69 Å². The summed E-state index contributed by atoms with van der Waals surface area (Å²) < 4.78 is 8.51. The van der Waals surface area contributed by atoms with Crippen molar-refractivity contribution in [3.63, 3.8) is 0 Å². The second kappa shape index (κ2) is 6.51. The van der Waals surface area contributed by atoms with Crippen molar-refractivity contribution in [2.75, 3.05) is 6.61 Å². The van der Waals surface area contributed by atoms with E-state index < -0.39 is 5.97 Å². The van der Waals surface area contributed by atoms with Crippen LogP contribution in [0.25, 0.3) is 0 Å². The number of carbonyl (C=O) groups excluding carboxylic acids is 1. The Morgan fingerprint density at radius 2 is 2.19 bits per heavy atom. The maximum Gasteiger partial charge on any atom is 0.360 e. The largest absolute Gasteiger partial charge is 0.461 e. The van der Waals surface area contributed by atoms with E-state index in [2.05, 4.69) is 29.3 Å². The highest BCUT2D eigenvalue weighted by Gasteiger charge is 2.21. The van der Waals surface area contributed by atoms with E-state index in [4.69, 9.17) is 4.74 Å². The molecule has 0 N–H and O–H groups in total. The summed E-state index contributed by atoms with van der Waals surface area (Å²) in [6, 6.07) is 1.92. The summed E-state index contributed by atoms with van der Waals surface area (Å²) >= 11 is 0. The van der Waals surface area contributed by atoms with E-state index in [1.807, 2.05) is 19.3 Å². The number of esters is 1. The van der Waals surface area contributed by atoms with Crippen molar-refractivity contribution in [3.8, 4) is 0 Å². The Hall–Kier alpha value is -2.18. The van der Waals surface area contributed by atoms with Gasteiger partial charge in [-0.2, -0.15) is 5.10 Å². The van der Waals surface area contributed by atoms with Crippen LogP contribution in [0.1, 0.15) is 42.6 Å². The standard InChI is InChI=1S/C14H21N5O2/c1-5-21-14(20)13-12(8-10(2)3)19(17-15-13)9-11-6-7-18(4)16-11/h6-7,10H,5,8-9H2,1-4H3. The molecule has 0 radical (unpaired) electrons. The molecule has 0 aromatic carbocycles. The zero-order valence-corrected chi connectivity index (χ0v) is 12.9. The molecule has 2 rings (SSSR count). The van der Waals surface area contributed by atoms with E-state index in [-0.39, 0.29) is 0 Å². The molecule has 7 nitrogen and oxygen atoms in total. The summed E-state index contributed by atoms with van der Waals surface area (Å²) in [5.41, 5.74) is 1.98. The molecule has 0 saturated heterocycles. The molecule has 2 aromatic rings. The van der Waals surface area contributed by atoms with Crippen molar-refractivity contribution >= 4 is 5.97 Å². The molecule has 114 valence electrons. The first kappa shape index (κ1) is 15.2. The summed E-state index contributed by atoms with van der Waals surface area (Å²) in [6.07, 6.45) is 2.59. The van der Waals surface area contributed by atoms with Gasteiger partial charge in [0.25, 0.3) is 0 Å². The van der Waals surface area contributed by atoms with E-state index in [0.29, 0.717) is 31.2 Å². The molecule has 0 amide bonds. The summed E-state index contributed by atoms with van der Waals surface area (Å²) in [5.74, 6) is -0.0282. The first-order valence-electron chi connectivity index (χ1n) is 7.09. The van der Waals surface area contributed by atoms with Crippen molar-refractivity contribution in [2.45, 2.75) is 33.7 Å². The lowest BCUT2D eigenvalue weighted by Gasteiger charge is -2.09. The topological polar surface area (TPSA) is 74.8 Å². The first-order chi connectivity index (χ1) is 10.0. The van der Waals surface area contributed by atoms with Crippen molar-refractivity contribution in [1.29, 1.82) is 0 Å². The third-order valence-electron chi connectivity index (χ3n) is 2.99. The van der Waals surface area contributed by atoms with Crippen molar-refractivity contribution in [2.24, 2.45) is 13.0 Å². The highest BCUT2D eigenvalue weighted by Crippen LogP contribution is 2.14. The zero-order valence-electron chi connectivity index (χ0n) is 12.9. The van der Waals surface area contributed by atoms with E-state index in [1.54, 1.807) is 16.3 Å². The van der Waals surface area contributed by atoms with Crippen LogP contribution in [0.2, 0.25) is 0 Å². The predicted molar refractivity (Wildman–Crippen MR) is 76.8 cm³/mol. The molecule has 0 saturated carbocycles. The van der Waals surface area contributed by atoms with Gasteiger partial charge in [-0.05, 0) is 25.3 Å². The number of ether oxygens (including phenoxy) is 1. The van der Waals surface area contributed by atoms with E-state index in [1.165, 1.54) is 0 Å². The molecule has 0 bridgehead atoms. The van der Waals surface area contributed by atoms with E-state index >= 15 is 0 Å². The molecule has 2 aromatic heterocycles. The Kier molecular flexibility index (Phi) is 4.72. The smallest absolute Gasteiger partial charge is 0.360 e. The second-order valence-corrected chi connectivity index (χ2v) is 5.34. The van der Waals surface area contributed by atoms with Gasteiger partial charge in [-0.3, -0.25) is 4.68 Å². The van der Waals surface area contributed by atoms with Crippen LogP contribution in [0.3, 0.4) is 0 Å². The van der Waals surface area contributed by atoms with Crippen molar-refractivity contribution in [1.82, 2.24) is 24.8 Å². The molecule has 0 aliphatic carbocycles. The zero-order chi connectivity index (χ0) is 15.4.